The van der Waals surface area contributed by atoms with Crippen LogP contribution in [-0.4, -0.2) is 20.9 Å². The van der Waals surface area contributed by atoms with Gasteiger partial charge in [-0.15, -0.1) is 0 Å². The van der Waals surface area contributed by atoms with Gasteiger partial charge in [-0.2, -0.15) is 0 Å². The molecule has 0 fully saturated rings. The summed E-state index contributed by atoms with van der Waals surface area (Å²) in [7, 11) is 0. The molecule has 0 saturated heterocycles. The number of nitrogens with zero attached hydrogens (tertiary/aromatic N) is 3. The Labute approximate surface area is 107 Å². The molecule has 2 heterocycles. The van der Waals surface area contributed by atoms with Crippen molar-refractivity contribution in [3.63, 3.8) is 0 Å². The molecule has 86 valence electrons. The Kier molecular flexibility index (Phi) is 3.51. The molecule has 0 atom stereocenters. The van der Waals surface area contributed by atoms with E-state index in [1.807, 2.05) is 0 Å². The quantitative estimate of drug-likeness (QED) is 0.850. The molecule has 2 rings (SSSR count). The summed E-state index contributed by atoms with van der Waals surface area (Å²) in [5.74, 6) is -0.356. The maximum Gasteiger partial charge on any atom is 0.257 e. The van der Waals surface area contributed by atoms with Gasteiger partial charge in [-0.1, -0.05) is 23.2 Å². The third kappa shape index (κ3) is 2.89. The number of aromatic nitrogens is 3. The Hall–Kier alpha value is -1.72. The van der Waals surface area contributed by atoms with Crippen molar-refractivity contribution in [1.82, 2.24) is 15.0 Å². The fourth-order valence-electron chi connectivity index (χ4n) is 1.11. The highest BCUT2D eigenvalue weighted by atomic mass is 35.5. The largest absolute Gasteiger partial charge is 0.319 e. The van der Waals surface area contributed by atoms with E-state index in [4.69, 9.17) is 23.2 Å². The van der Waals surface area contributed by atoms with Crippen LogP contribution in [0.1, 0.15) is 10.4 Å². The van der Waals surface area contributed by atoms with Crippen LogP contribution in [0.4, 0.5) is 5.69 Å². The zero-order chi connectivity index (χ0) is 12.3. The van der Waals surface area contributed by atoms with Gasteiger partial charge in [0.15, 0.2) is 0 Å². The minimum Gasteiger partial charge on any atom is -0.319 e. The lowest BCUT2D eigenvalue weighted by atomic mass is 10.2. The maximum atomic E-state index is 11.8. The van der Waals surface area contributed by atoms with Crippen molar-refractivity contribution < 1.29 is 4.79 Å². The van der Waals surface area contributed by atoms with Crippen LogP contribution in [0.25, 0.3) is 0 Å². The maximum absolute atomic E-state index is 11.8. The molecule has 0 aliphatic heterocycles. The number of hydrogen-bond donors (Lipinski definition) is 1. The molecule has 1 amide bonds. The van der Waals surface area contributed by atoms with Gasteiger partial charge in [0, 0.05) is 6.20 Å². The molecule has 1 N–H and O–H groups in total. The number of halogens is 2. The molecule has 0 bridgehead atoms. The van der Waals surface area contributed by atoms with Gasteiger partial charge in [-0.3, -0.25) is 4.79 Å². The zero-order valence-electron chi connectivity index (χ0n) is 8.39. The summed E-state index contributed by atoms with van der Waals surface area (Å²) in [5.41, 5.74) is 0.798. The highest BCUT2D eigenvalue weighted by Crippen LogP contribution is 2.20. The van der Waals surface area contributed by atoms with E-state index in [-0.39, 0.29) is 16.1 Å². The topological polar surface area (TPSA) is 67.8 Å². The third-order valence-electron chi connectivity index (χ3n) is 1.88. The van der Waals surface area contributed by atoms with Gasteiger partial charge in [-0.25, -0.2) is 15.0 Å². The van der Waals surface area contributed by atoms with Crippen molar-refractivity contribution in [2.75, 3.05) is 5.32 Å². The molecule has 0 radical (unpaired) electrons. The molecular weight excluding hydrogens is 263 g/mol. The summed E-state index contributed by atoms with van der Waals surface area (Å²) in [6.45, 7) is 0. The summed E-state index contributed by atoms with van der Waals surface area (Å²) in [6, 6.07) is 1.44. The van der Waals surface area contributed by atoms with Gasteiger partial charge in [0.25, 0.3) is 5.91 Å². The Morgan fingerprint density at radius 1 is 1.18 bits per heavy atom. The molecule has 0 aliphatic carbocycles. The summed E-state index contributed by atoms with van der Waals surface area (Å²) in [6.07, 6.45) is 5.68. The van der Waals surface area contributed by atoms with Crippen LogP contribution >= 0.6 is 23.2 Å². The first-order valence-corrected chi connectivity index (χ1v) is 5.30. The molecule has 0 spiro atoms. The normalized spacial score (nSPS) is 10.0. The molecule has 0 unspecified atom stereocenters. The van der Waals surface area contributed by atoms with Crippen molar-refractivity contribution >= 4 is 34.8 Å². The Morgan fingerprint density at radius 3 is 2.53 bits per heavy atom. The van der Waals surface area contributed by atoms with E-state index in [1.54, 1.807) is 0 Å². The Bertz CT molecular complexity index is 547. The van der Waals surface area contributed by atoms with E-state index in [0.29, 0.717) is 11.3 Å². The van der Waals surface area contributed by atoms with Crippen molar-refractivity contribution in [2.24, 2.45) is 0 Å². The second kappa shape index (κ2) is 5.07. The van der Waals surface area contributed by atoms with Gasteiger partial charge >= 0.3 is 0 Å². The molecule has 0 saturated carbocycles. The van der Waals surface area contributed by atoms with Gasteiger partial charge in [-0.05, 0) is 6.07 Å². The molecule has 5 nitrogen and oxygen atoms in total. The predicted molar refractivity (Wildman–Crippen MR) is 64.2 cm³/mol. The van der Waals surface area contributed by atoms with Crippen LogP contribution < -0.4 is 5.32 Å². The standard InChI is InChI=1S/C10H6Cl2N4O/c11-8-1-6(2-15-9(8)12)10(17)16-7-3-13-5-14-4-7/h1-5H,(H,16,17). The molecule has 17 heavy (non-hydrogen) atoms. The lowest BCUT2D eigenvalue weighted by molar-refractivity contribution is 0.102. The van der Waals surface area contributed by atoms with Crippen LogP contribution in [0.3, 0.4) is 0 Å². The van der Waals surface area contributed by atoms with Gasteiger partial charge in [0.2, 0.25) is 0 Å². The van der Waals surface area contributed by atoms with E-state index >= 15 is 0 Å². The lowest BCUT2D eigenvalue weighted by Gasteiger charge is -2.04. The molecule has 0 aliphatic rings. The minimum absolute atomic E-state index is 0.159. The van der Waals surface area contributed by atoms with Crippen LogP contribution in [0.5, 0.6) is 0 Å². The number of carbonyl (C=O) groups excluding carboxylic acids is 1. The van der Waals surface area contributed by atoms with E-state index in [1.165, 1.54) is 31.0 Å². The van der Waals surface area contributed by atoms with Crippen LogP contribution in [0.15, 0.2) is 31.0 Å². The Balaban J connectivity index is 2.18. The summed E-state index contributed by atoms with van der Waals surface area (Å²) in [5, 5.41) is 2.98. The van der Waals surface area contributed by atoms with Crippen molar-refractivity contribution in [2.45, 2.75) is 0 Å². The summed E-state index contributed by atoms with van der Waals surface area (Å²) >= 11 is 11.4. The molecule has 2 aromatic heterocycles. The van der Waals surface area contributed by atoms with E-state index in [9.17, 15) is 4.79 Å². The average Bonchev–Trinajstić information content (AvgIpc) is 2.34. The second-order valence-corrected chi connectivity index (χ2v) is 3.84. The smallest absolute Gasteiger partial charge is 0.257 e. The number of carbonyl (C=O) groups is 1. The van der Waals surface area contributed by atoms with Crippen molar-refractivity contribution in [3.8, 4) is 0 Å². The summed E-state index contributed by atoms with van der Waals surface area (Å²) in [4.78, 5) is 23.1. The SMILES string of the molecule is O=C(Nc1cncnc1)c1cnc(Cl)c(Cl)c1. The fourth-order valence-corrected chi connectivity index (χ4v) is 1.38. The lowest BCUT2D eigenvalue weighted by Crippen LogP contribution is -2.12. The van der Waals surface area contributed by atoms with Crippen molar-refractivity contribution in [1.29, 1.82) is 0 Å². The monoisotopic (exact) mass is 268 g/mol. The van der Waals surface area contributed by atoms with Crippen molar-refractivity contribution in [3.05, 3.63) is 46.7 Å². The zero-order valence-corrected chi connectivity index (χ0v) is 9.90. The summed E-state index contributed by atoms with van der Waals surface area (Å²) < 4.78 is 0. The van der Waals surface area contributed by atoms with Crippen LogP contribution in [0, 0.1) is 0 Å². The first-order valence-electron chi connectivity index (χ1n) is 4.54. The second-order valence-electron chi connectivity index (χ2n) is 3.08. The first-order chi connectivity index (χ1) is 8.16. The number of pyridine rings is 1. The molecular formula is C10H6Cl2N4O. The highest BCUT2D eigenvalue weighted by molar-refractivity contribution is 6.41. The number of rotatable bonds is 2. The molecule has 0 aromatic carbocycles. The molecule has 7 heteroatoms. The van der Waals surface area contributed by atoms with Gasteiger partial charge < -0.3 is 5.32 Å². The van der Waals surface area contributed by atoms with Gasteiger partial charge in [0.1, 0.15) is 11.5 Å². The minimum atomic E-state index is -0.356. The fraction of sp³-hybridized carbons (Fsp3) is 0. The van der Waals surface area contributed by atoms with Gasteiger partial charge in [0.05, 0.1) is 28.7 Å². The Morgan fingerprint density at radius 2 is 1.88 bits per heavy atom. The number of amides is 1. The average molecular weight is 269 g/mol. The van der Waals surface area contributed by atoms with E-state index in [2.05, 4.69) is 20.3 Å². The predicted octanol–water partition coefficient (Wildman–Crippen LogP) is 2.43. The first kappa shape index (κ1) is 11.8. The molecule has 2 aromatic rings. The number of hydrogen-bond acceptors (Lipinski definition) is 4. The number of nitrogens with one attached hydrogen (secondary N) is 1. The van der Waals surface area contributed by atoms with E-state index < -0.39 is 0 Å². The van der Waals surface area contributed by atoms with Crippen LogP contribution in [-0.2, 0) is 0 Å². The number of anilines is 1. The van der Waals surface area contributed by atoms with E-state index in [0.717, 1.165) is 0 Å². The van der Waals surface area contributed by atoms with Crippen LogP contribution in [0.2, 0.25) is 10.2 Å². The highest BCUT2D eigenvalue weighted by Gasteiger charge is 2.09. The third-order valence-corrected chi connectivity index (χ3v) is 2.56.